The smallest absolute Gasteiger partial charge is 0.233 e. The summed E-state index contributed by atoms with van der Waals surface area (Å²) < 4.78 is 0. The molecule has 0 N–H and O–H groups in total. The van der Waals surface area contributed by atoms with Crippen molar-refractivity contribution in [3.05, 3.63) is 0 Å². The zero-order chi connectivity index (χ0) is 19.5. The highest BCUT2D eigenvalue weighted by Gasteiger charge is 2.41. The number of hydrogen-bond acceptors (Lipinski definition) is 3. The molecule has 0 aromatic heterocycles. The van der Waals surface area contributed by atoms with Crippen LogP contribution in [0.3, 0.4) is 0 Å². The lowest BCUT2D eigenvalue weighted by Crippen LogP contribution is -2.33. The molecule has 0 aliphatic carbocycles. The Labute approximate surface area is 160 Å². The normalized spacial score (nSPS) is 18.8. The van der Waals surface area contributed by atoms with Crippen LogP contribution in [0.1, 0.15) is 98.3 Å². The van der Waals surface area contributed by atoms with Crippen molar-refractivity contribution in [2.24, 2.45) is 17.8 Å². The predicted molar refractivity (Wildman–Crippen MR) is 106 cm³/mol. The Hall–Kier alpha value is -1.19. The van der Waals surface area contributed by atoms with Crippen molar-refractivity contribution < 1.29 is 14.4 Å². The molecule has 0 bridgehead atoms. The molecule has 150 valence electrons. The topological polar surface area (TPSA) is 54.5 Å². The number of hydrogen-bond donors (Lipinski definition) is 0. The number of ketones is 1. The molecule has 0 radical (unpaired) electrons. The minimum Gasteiger partial charge on any atom is -0.299 e. The third-order valence-corrected chi connectivity index (χ3v) is 5.63. The highest BCUT2D eigenvalue weighted by molar-refractivity contribution is 6.03. The van der Waals surface area contributed by atoms with E-state index in [2.05, 4.69) is 13.8 Å². The number of carbonyl (C=O) groups excluding carboxylic acids is 3. The van der Waals surface area contributed by atoms with Crippen molar-refractivity contribution in [3.8, 4) is 0 Å². The Morgan fingerprint density at radius 2 is 1.73 bits per heavy atom. The fourth-order valence-electron chi connectivity index (χ4n) is 3.92. The molecular weight excluding hydrogens is 326 g/mol. The Morgan fingerprint density at radius 1 is 1.00 bits per heavy atom. The third kappa shape index (κ3) is 7.20. The maximum atomic E-state index is 12.8. The predicted octanol–water partition coefficient (Wildman–Crippen LogP) is 5.14. The summed E-state index contributed by atoms with van der Waals surface area (Å²) in [5.74, 6) is 0.727. The second-order valence-electron chi connectivity index (χ2n) is 8.17. The molecule has 0 spiro atoms. The Kier molecular flexibility index (Phi) is 10.8. The maximum Gasteiger partial charge on any atom is 0.233 e. The van der Waals surface area contributed by atoms with Crippen molar-refractivity contribution in [2.75, 3.05) is 6.54 Å². The summed E-state index contributed by atoms with van der Waals surface area (Å²) in [6.45, 7) is 8.73. The molecule has 2 atom stereocenters. The lowest BCUT2D eigenvalue weighted by molar-refractivity contribution is -0.140. The molecule has 0 aromatic carbocycles. The maximum absolute atomic E-state index is 12.8. The lowest BCUT2D eigenvalue weighted by Gasteiger charge is -2.22. The van der Waals surface area contributed by atoms with Crippen molar-refractivity contribution in [1.29, 1.82) is 0 Å². The van der Waals surface area contributed by atoms with Gasteiger partial charge in [-0.15, -0.1) is 0 Å². The van der Waals surface area contributed by atoms with E-state index in [9.17, 15) is 14.4 Å². The van der Waals surface area contributed by atoms with E-state index in [0.717, 1.165) is 44.9 Å². The van der Waals surface area contributed by atoms with Crippen LogP contribution in [0.5, 0.6) is 0 Å². The van der Waals surface area contributed by atoms with Crippen molar-refractivity contribution in [1.82, 2.24) is 4.90 Å². The Balaban J connectivity index is 2.44. The highest BCUT2D eigenvalue weighted by Crippen LogP contribution is 2.33. The number of nitrogens with zero attached hydrogens (tertiary/aromatic N) is 1. The summed E-state index contributed by atoms with van der Waals surface area (Å²) in [7, 11) is 0. The summed E-state index contributed by atoms with van der Waals surface area (Å²) >= 11 is 0. The molecule has 4 nitrogen and oxygen atoms in total. The minimum absolute atomic E-state index is 0.00912. The standard InChI is InChI=1S/C22H39NO3/c1-5-7-9-13-18(12-6-2)19-16-21(25)23(22(19)26)15-11-8-10-14-20(24)17(3)4/h17-19H,5-16H2,1-4H3. The average molecular weight is 366 g/mol. The van der Waals surface area contributed by atoms with Gasteiger partial charge in [-0.05, 0) is 31.6 Å². The van der Waals surface area contributed by atoms with Gasteiger partial charge in [0.25, 0.3) is 0 Å². The second-order valence-corrected chi connectivity index (χ2v) is 8.17. The van der Waals surface area contributed by atoms with Gasteiger partial charge in [0.15, 0.2) is 0 Å². The molecule has 1 aliphatic heterocycles. The van der Waals surface area contributed by atoms with Crippen LogP contribution in [0.2, 0.25) is 0 Å². The number of rotatable bonds is 14. The van der Waals surface area contributed by atoms with Gasteiger partial charge in [0.2, 0.25) is 11.8 Å². The van der Waals surface area contributed by atoms with Gasteiger partial charge in [0.1, 0.15) is 5.78 Å². The second kappa shape index (κ2) is 12.2. The van der Waals surface area contributed by atoms with Gasteiger partial charge in [-0.25, -0.2) is 0 Å². The van der Waals surface area contributed by atoms with Gasteiger partial charge >= 0.3 is 0 Å². The number of Topliss-reactive ketones (excluding diaryl/α,β-unsaturated/α-hetero) is 1. The lowest BCUT2D eigenvalue weighted by atomic mass is 9.83. The molecule has 2 unspecified atom stereocenters. The van der Waals surface area contributed by atoms with E-state index >= 15 is 0 Å². The Morgan fingerprint density at radius 3 is 2.35 bits per heavy atom. The quantitative estimate of drug-likeness (QED) is 0.316. The average Bonchev–Trinajstić information content (AvgIpc) is 2.88. The number of likely N-dealkylation sites (tertiary alicyclic amines) is 1. The summed E-state index contributed by atoms with van der Waals surface area (Å²) in [6.07, 6.45) is 10.3. The summed E-state index contributed by atoms with van der Waals surface area (Å²) in [5, 5.41) is 0. The first kappa shape index (κ1) is 22.9. The van der Waals surface area contributed by atoms with Crippen molar-refractivity contribution >= 4 is 17.6 Å². The fourth-order valence-corrected chi connectivity index (χ4v) is 3.92. The van der Waals surface area contributed by atoms with E-state index in [4.69, 9.17) is 0 Å². The van der Waals surface area contributed by atoms with Gasteiger partial charge in [0.05, 0.1) is 5.92 Å². The molecular formula is C22H39NO3. The van der Waals surface area contributed by atoms with Crippen LogP contribution in [-0.2, 0) is 14.4 Å². The molecule has 4 heteroatoms. The van der Waals surface area contributed by atoms with Gasteiger partial charge in [-0.1, -0.05) is 59.8 Å². The molecule has 0 saturated carbocycles. The highest BCUT2D eigenvalue weighted by atomic mass is 16.2. The van der Waals surface area contributed by atoms with E-state index in [-0.39, 0.29) is 23.7 Å². The molecule has 1 rings (SSSR count). The third-order valence-electron chi connectivity index (χ3n) is 5.63. The van der Waals surface area contributed by atoms with Crippen LogP contribution in [0.15, 0.2) is 0 Å². The SMILES string of the molecule is CCCCCC(CCC)C1CC(=O)N(CCCCCC(=O)C(C)C)C1=O. The van der Waals surface area contributed by atoms with Gasteiger partial charge in [-0.2, -0.15) is 0 Å². The Bertz CT molecular complexity index is 458. The summed E-state index contributed by atoms with van der Waals surface area (Å²) in [6, 6.07) is 0. The molecule has 0 aromatic rings. The summed E-state index contributed by atoms with van der Waals surface area (Å²) in [5.41, 5.74) is 0. The minimum atomic E-state index is -0.0955. The van der Waals surface area contributed by atoms with Crippen LogP contribution in [0, 0.1) is 17.8 Å². The van der Waals surface area contributed by atoms with Crippen LogP contribution in [0.25, 0.3) is 0 Å². The first-order valence-corrected chi connectivity index (χ1v) is 10.8. The van der Waals surface area contributed by atoms with Gasteiger partial charge < -0.3 is 0 Å². The van der Waals surface area contributed by atoms with E-state index in [1.807, 2.05) is 13.8 Å². The van der Waals surface area contributed by atoms with Gasteiger partial charge in [0, 0.05) is 25.3 Å². The number of amides is 2. The van der Waals surface area contributed by atoms with E-state index in [1.165, 1.54) is 17.7 Å². The van der Waals surface area contributed by atoms with Crippen LogP contribution < -0.4 is 0 Å². The van der Waals surface area contributed by atoms with Crippen LogP contribution >= 0.6 is 0 Å². The number of imide groups is 1. The zero-order valence-electron chi connectivity index (χ0n) is 17.4. The van der Waals surface area contributed by atoms with Crippen molar-refractivity contribution in [3.63, 3.8) is 0 Å². The molecule has 1 saturated heterocycles. The van der Waals surface area contributed by atoms with E-state index < -0.39 is 0 Å². The first-order valence-electron chi connectivity index (χ1n) is 10.8. The number of unbranched alkanes of at least 4 members (excludes halogenated alkanes) is 4. The van der Waals surface area contributed by atoms with Crippen LogP contribution in [0.4, 0.5) is 0 Å². The zero-order valence-corrected chi connectivity index (χ0v) is 17.4. The molecule has 1 heterocycles. The molecule has 26 heavy (non-hydrogen) atoms. The monoisotopic (exact) mass is 365 g/mol. The van der Waals surface area contributed by atoms with Crippen LogP contribution in [-0.4, -0.2) is 29.0 Å². The largest absolute Gasteiger partial charge is 0.299 e. The first-order chi connectivity index (χ1) is 12.4. The molecule has 1 aliphatic rings. The summed E-state index contributed by atoms with van der Waals surface area (Å²) in [4.78, 5) is 38.3. The van der Waals surface area contributed by atoms with E-state index in [0.29, 0.717) is 31.1 Å². The van der Waals surface area contributed by atoms with E-state index in [1.54, 1.807) is 0 Å². The van der Waals surface area contributed by atoms with Crippen molar-refractivity contribution in [2.45, 2.75) is 98.3 Å². The van der Waals surface area contributed by atoms with Gasteiger partial charge in [-0.3, -0.25) is 19.3 Å². The molecule has 2 amide bonds. The number of carbonyl (C=O) groups is 3. The fraction of sp³-hybridized carbons (Fsp3) is 0.864. The molecule has 1 fully saturated rings.